The monoisotopic (exact) mass is 299 g/mol. The van der Waals surface area contributed by atoms with Gasteiger partial charge in [0, 0.05) is 25.8 Å². The van der Waals surface area contributed by atoms with E-state index in [0.717, 1.165) is 28.9 Å². The molecule has 1 saturated heterocycles. The fourth-order valence-electron chi connectivity index (χ4n) is 2.11. The molecular weight excluding hydrogens is 282 g/mol. The number of morpholine rings is 1. The van der Waals surface area contributed by atoms with Crippen LogP contribution in [0.25, 0.3) is 0 Å². The lowest BCUT2D eigenvalue weighted by Gasteiger charge is -2.37. The molecule has 5 heteroatoms. The zero-order valence-electron chi connectivity index (χ0n) is 10.2. The van der Waals surface area contributed by atoms with Crippen LogP contribution in [0, 0.1) is 6.92 Å². The van der Waals surface area contributed by atoms with Crippen molar-refractivity contribution in [3.63, 3.8) is 0 Å². The van der Waals surface area contributed by atoms with Crippen LogP contribution in [0.15, 0.2) is 16.7 Å². The highest BCUT2D eigenvalue weighted by atomic mass is 79.9. The Morgan fingerprint density at radius 1 is 1.59 bits per heavy atom. The van der Waals surface area contributed by atoms with Gasteiger partial charge in [0.2, 0.25) is 0 Å². The number of hydrogen-bond acceptors (Lipinski definition) is 4. The molecule has 0 radical (unpaired) electrons. The van der Waals surface area contributed by atoms with Crippen LogP contribution in [0.5, 0.6) is 0 Å². The number of rotatable bonds is 2. The van der Waals surface area contributed by atoms with Gasteiger partial charge >= 0.3 is 0 Å². The van der Waals surface area contributed by atoms with E-state index in [1.165, 1.54) is 0 Å². The van der Waals surface area contributed by atoms with Crippen LogP contribution in [-0.2, 0) is 4.74 Å². The van der Waals surface area contributed by atoms with Gasteiger partial charge in [-0.1, -0.05) is 0 Å². The molecule has 2 heterocycles. The molecular formula is C12H18BrN3O. The van der Waals surface area contributed by atoms with Crippen LogP contribution in [0.3, 0.4) is 0 Å². The highest BCUT2D eigenvalue weighted by Gasteiger charge is 2.26. The molecule has 1 aromatic heterocycles. The van der Waals surface area contributed by atoms with E-state index >= 15 is 0 Å². The van der Waals surface area contributed by atoms with Gasteiger partial charge in [-0.2, -0.15) is 0 Å². The van der Waals surface area contributed by atoms with Gasteiger partial charge in [0.1, 0.15) is 5.82 Å². The summed E-state index contributed by atoms with van der Waals surface area (Å²) in [5, 5.41) is 0. The number of hydrogen-bond donors (Lipinski definition) is 1. The summed E-state index contributed by atoms with van der Waals surface area (Å²) in [6.45, 7) is 6.30. The third kappa shape index (κ3) is 2.97. The van der Waals surface area contributed by atoms with Crippen molar-refractivity contribution < 1.29 is 4.74 Å². The average Bonchev–Trinajstić information content (AvgIpc) is 2.28. The summed E-state index contributed by atoms with van der Waals surface area (Å²) in [7, 11) is 0. The third-order valence-electron chi connectivity index (χ3n) is 2.85. The molecule has 1 aliphatic heterocycles. The first-order chi connectivity index (χ1) is 8.10. The van der Waals surface area contributed by atoms with Crippen molar-refractivity contribution in [1.29, 1.82) is 0 Å². The molecule has 0 saturated carbocycles. The summed E-state index contributed by atoms with van der Waals surface area (Å²) < 4.78 is 6.77. The lowest BCUT2D eigenvalue weighted by atomic mass is 10.2. The molecule has 2 atom stereocenters. The second kappa shape index (κ2) is 5.33. The van der Waals surface area contributed by atoms with E-state index in [9.17, 15) is 0 Å². The summed E-state index contributed by atoms with van der Waals surface area (Å²) in [6, 6.07) is 2.08. The van der Waals surface area contributed by atoms with E-state index < -0.39 is 0 Å². The van der Waals surface area contributed by atoms with Crippen LogP contribution >= 0.6 is 15.9 Å². The van der Waals surface area contributed by atoms with Crippen molar-refractivity contribution in [3.8, 4) is 0 Å². The van der Waals surface area contributed by atoms with Crippen LogP contribution in [-0.4, -0.2) is 36.8 Å². The Morgan fingerprint density at radius 2 is 2.35 bits per heavy atom. The van der Waals surface area contributed by atoms with Gasteiger partial charge < -0.3 is 15.4 Å². The molecule has 17 heavy (non-hydrogen) atoms. The van der Waals surface area contributed by atoms with Gasteiger partial charge in [-0.3, -0.25) is 0 Å². The van der Waals surface area contributed by atoms with Crippen molar-refractivity contribution in [1.82, 2.24) is 4.98 Å². The fraction of sp³-hybridized carbons (Fsp3) is 0.583. The Bertz CT molecular complexity index is 399. The van der Waals surface area contributed by atoms with Gasteiger partial charge in [-0.15, -0.1) is 0 Å². The Labute approximate surface area is 110 Å². The SMILES string of the molecule is Cc1cnc(N2CC(C)OC(CN)C2)c(Br)c1. The van der Waals surface area contributed by atoms with Crippen LogP contribution in [0.1, 0.15) is 12.5 Å². The number of aromatic nitrogens is 1. The van der Waals surface area contributed by atoms with E-state index in [2.05, 4.69) is 38.8 Å². The molecule has 2 unspecified atom stereocenters. The maximum Gasteiger partial charge on any atom is 0.143 e. The molecule has 0 aromatic carbocycles. The first-order valence-corrected chi connectivity index (χ1v) is 6.62. The molecule has 1 aliphatic rings. The summed E-state index contributed by atoms with van der Waals surface area (Å²) in [5.41, 5.74) is 6.83. The number of ether oxygens (including phenoxy) is 1. The zero-order valence-corrected chi connectivity index (χ0v) is 11.8. The topological polar surface area (TPSA) is 51.4 Å². The van der Waals surface area contributed by atoms with Crippen molar-refractivity contribution >= 4 is 21.7 Å². The van der Waals surface area contributed by atoms with Crippen LogP contribution in [0.4, 0.5) is 5.82 Å². The first-order valence-electron chi connectivity index (χ1n) is 5.82. The van der Waals surface area contributed by atoms with Gasteiger partial charge in [0.05, 0.1) is 16.7 Å². The molecule has 0 spiro atoms. The fourth-order valence-corrected chi connectivity index (χ4v) is 2.82. The van der Waals surface area contributed by atoms with Crippen molar-refractivity contribution in [3.05, 3.63) is 22.3 Å². The smallest absolute Gasteiger partial charge is 0.143 e. The Morgan fingerprint density at radius 3 is 3.00 bits per heavy atom. The Hall–Kier alpha value is -0.650. The summed E-state index contributed by atoms with van der Waals surface area (Å²) in [4.78, 5) is 6.72. The second-order valence-electron chi connectivity index (χ2n) is 4.53. The summed E-state index contributed by atoms with van der Waals surface area (Å²) in [5.74, 6) is 0.976. The minimum absolute atomic E-state index is 0.0914. The molecule has 2 N–H and O–H groups in total. The average molecular weight is 300 g/mol. The second-order valence-corrected chi connectivity index (χ2v) is 5.38. The molecule has 1 aromatic rings. The Kier molecular flexibility index (Phi) is 4.01. The highest BCUT2D eigenvalue weighted by Crippen LogP contribution is 2.27. The minimum atomic E-state index is 0.0914. The van der Waals surface area contributed by atoms with E-state index in [4.69, 9.17) is 10.5 Å². The maximum atomic E-state index is 5.74. The lowest BCUT2D eigenvalue weighted by Crippen LogP contribution is -2.49. The van der Waals surface area contributed by atoms with E-state index in [1.54, 1.807) is 0 Å². The number of aryl methyl sites for hydroxylation is 1. The standard InChI is InChI=1S/C12H18BrN3O/c1-8-3-11(13)12(15-5-8)16-6-9(2)17-10(4-14)7-16/h3,5,9-10H,4,6-7,14H2,1-2H3. The zero-order chi connectivity index (χ0) is 12.4. The van der Waals surface area contributed by atoms with E-state index in [1.807, 2.05) is 13.1 Å². The highest BCUT2D eigenvalue weighted by molar-refractivity contribution is 9.10. The predicted octanol–water partition coefficient (Wildman–Crippen LogP) is 1.70. The predicted molar refractivity (Wildman–Crippen MR) is 72.3 cm³/mol. The van der Waals surface area contributed by atoms with Crippen LogP contribution < -0.4 is 10.6 Å². The van der Waals surface area contributed by atoms with Gasteiger partial charge in [0.25, 0.3) is 0 Å². The largest absolute Gasteiger partial charge is 0.370 e. The molecule has 1 fully saturated rings. The normalized spacial score (nSPS) is 25.1. The van der Waals surface area contributed by atoms with Crippen molar-refractivity contribution in [2.45, 2.75) is 26.1 Å². The molecule has 94 valence electrons. The molecule has 4 nitrogen and oxygen atoms in total. The van der Waals surface area contributed by atoms with Gasteiger partial charge in [0.15, 0.2) is 0 Å². The van der Waals surface area contributed by atoms with E-state index in [0.29, 0.717) is 6.54 Å². The molecule has 0 amide bonds. The molecule has 0 bridgehead atoms. The Balaban J connectivity index is 2.20. The van der Waals surface area contributed by atoms with Crippen LogP contribution in [0.2, 0.25) is 0 Å². The van der Waals surface area contributed by atoms with E-state index in [-0.39, 0.29) is 12.2 Å². The lowest BCUT2D eigenvalue weighted by molar-refractivity contribution is -0.0107. The summed E-state index contributed by atoms with van der Waals surface area (Å²) >= 11 is 3.57. The number of halogens is 1. The molecule has 2 rings (SSSR count). The van der Waals surface area contributed by atoms with Gasteiger partial charge in [-0.05, 0) is 41.4 Å². The summed E-state index contributed by atoms with van der Waals surface area (Å²) in [6.07, 6.45) is 2.17. The van der Waals surface area contributed by atoms with Crippen molar-refractivity contribution in [2.24, 2.45) is 5.73 Å². The molecule has 0 aliphatic carbocycles. The number of pyridine rings is 1. The first kappa shape index (κ1) is 12.8. The van der Waals surface area contributed by atoms with Crippen molar-refractivity contribution in [2.75, 3.05) is 24.5 Å². The third-order valence-corrected chi connectivity index (χ3v) is 3.43. The maximum absolute atomic E-state index is 5.74. The number of nitrogens with two attached hydrogens (primary N) is 1. The minimum Gasteiger partial charge on any atom is -0.370 e. The quantitative estimate of drug-likeness (QED) is 0.903. The van der Waals surface area contributed by atoms with Gasteiger partial charge in [-0.25, -0.2) is 4.98 Å². The number of anilines is 1. The number of nitrogens with zero attached hydrogens (tertiary/aromatic N) is 2.